The molecule has 4 heteroatoms. The van der Waals surface area contributed by atoms with E-state index in [1.807, 2.05) is 34.3 Å². The monoisotopic (exact) mass is 278 g/mol. The van der Waals surface area contributed by atoms with E-state index < -0.39 is 0 Å². The fourth-order valence-corrected chi connectivity index (χ4v) is 6.06. The highest BCUT2D eigenvalue weighted by Gasteiger charge is 2.21. The lowest BCUT2D eigenvalue weighted by Crippen LogP contribution is -2.23. The van der Waals surface area contributed by atoms with Gasteiger partial charge in [0.05, 0.1) is 0 Å². The van der Waals surface area contributed by atoms with Crippen molar-refractivity contribution in [3.63, 3.8) is 0 Å². The van der Waals surface area contributed by atoms with Crippen molar-refractivity contribution in [3.05, 3.63) is 24.0 Å². The first kappa shape index (κ1) is 13.9. The molecule has 0 amide bonds. The maximum atomic E-state index is 3.74. The van der Waals surface area contributed by atoms with Crippen molar-refractivity contribution in [2.75, 3.05) is 23.0 Å². The van der Waals surface area contributed by atoms with Crippen molar-refractivity contribution in [3.8, 4) is 0 Å². The topological polar surface area (TPSA) is 0 Å². The van der Waals surface area contributed by atoms with E-state index in [1.165, 1.54) is 29.4 Å². The quantitative estimate of drug-likeness (QED) is 0.635. The molecule has 0 bridgehead atoms. The van der Waals surface area contributed by atoms with Crippen LogP contribution >= 0.6 is 47.0 Å². The molecule has 0 aromatic heterocycles. The molecule has 1 rings (SSSR count). The van der Waals surface area contributed by atoms with Crippen molar-refractivity contribution < 1.29 is 0 Å². The normalized spacial score (nSPS) is 26.1. The molecule has 0 aromatic rings. The van der Waals surface area contributed by atoms with Gasteiger partial charge in [-0.05, 0) is 23.0 Å². The molecule has 1 fully saturated rings. The highest BCUT2D eigenvalue weighted by atomic mass is 32.2. The van der Waals surface area contributed by atoms with Gasteiger partial charge in [0.25, 0.3) is 0 Å². The third-order valence-corrected chi connectivity index (χ3v) is 7.15. The van der Waals surface area contributed by atoms with Gasteiger partial charge in [0.15, 0.2) is 0 Å². The zero-order valence-electron chi connectivity index (χ0n) is 8.89. The minimum absolute atomic E-state index is 0.835. The van der Waals surface area contributed by atoms with Crippen molar-refractivity contribution in [1.82, 2.24) is 0 Å². The van der Waals surface area contributed by atoms with Crippen LogP contribution in [0, 0.1) is 0 Å². The lowest BCUT2D eigenvalue weighted by Gasteiger charge is -2.27. The maximum absolute atomic E-state index is 3.74. The van der Waals surface area contributed by atoms with Gasteiger partial charge in [-0.2, -0.15) is 23.5 Å². The number of hydrogen-bond donors (Lipinski definition) is 0. The van der Waals surface area contributed by atoms with E-state index in [1.54, 1.807) is 0 Å². The summed E-state index contributed by atoms with van der Waals surface area (Å²) in [6, 6.07) is 0. The van der Waals surface area contributed by atoms with E-state index in [-0.39, 0.29) is 0 Å². The van der Waals surface area contributed by atoms with Gasteiger partial charge in [0.1, 0.15) is 0 Å². The highest BCUT2D eigenvalue weighted by Crippen LogP contribution is 2.33. The second kappa shape index (κ2) is 8.97. The molecule has 1 saturated heterocycles. The lowest BCUT2D eigenvalue weighted by atomic mass is 10.4. The average molecular weight is 279 g/mol. The minimum atomic E-state index is 0.835. The fourth-order valence-electron chi connectivity index (χ4n) is 1.30. The van der Waals surface area contributed by atoms with E-state index in [0.717, 1.165) is 10.5 Å². The number of rotatable bonds is 7. The van der Waals surface area contributed by atoms with Crippen LogP contribution in [0.3, 0.4) is 0 Å². The Morgan fingerprint density at radius 3 is 2.33 bits per heavy atom. The van der Waals surface area contributed by atoms with E-state index in [0.29, 0.717) is 0 Å². The Morgan fingerprint density at radius 1 is 1.07 bits per heavy atom. The first-order valence-electron chi connectivity index (χ1n) is 5.05. The van der Waals surface area contributed by atoms with Gasteiger partial charge in [0, 0.05) is 27.8 Å². The van der Waals surface area contributed by atoms with Crippen LogP contribution in [0.15, 0.2) is 24.0 Å². The maximum Gasteiger partial charge on any atom is 0.0232 e. The van der Waals surface area contributed by atoms with Crippen LogP contribution in [-0.4, -0.2) is 33.5 Å². The second-order valence-corrected chi connectivity index (χ2v) is 7.98. The van der Waals surface area contributed by atoms with E-state index in [2.05, 4.69) is 36.7 Å². The second-order valence-electron chi connectivity index (χ2n) is 3.24. The van der Waals surface area contributed by atoms with Gasteiger partial charge < -0.3 is 0 Å². The Hall–Kier alpha value is 0.880. The molecule has 0 radical (unpaired) electrons. The Bertz CT molecular complexity index is 185. The molecule has 0 saturated carbocycles. The summed E-state index contributed by atoms with van der Waals surface area (Å²) in [5, 5.41) is 5.61. The number of thioether (sulfide) groups is 4. The van der Waals surface area contributed by atoms with Crippen LogP contribution in [-0.2, 0) is 0 Å². The molecular weight excluding hydrogens is 260 g/mol. The lowest BCUT2D eigenvalue weighted by molar-refractivity contribution is 0.911. The third-order valence-electron chi connectivity index (χ3n) is 2.11. The molecule has 0 N–H and O–H groups in total. The fraction of sp³-hybridized carbons (Fsp3) is 0.636. The summed E-state index contributed by atoms with van der Waals surface area (Å²) >= 11 is 7.99. The van der Waals surface area contributed by atoms with Crippen molar-refractivity contribution >= 4 is 47.0 Å². The standard InChI is InChI=1S/C11H18S4/c1-3-12-6-5-10-8-15-11(9-14-10)7-13-4-2/h3-4,10-11H,1-2,5-9H2. The van der Waals surface area contributed by atoms with Gasteiger partial charge in [0.2, 0.25) is 0 Å². The SMILES string of the molecule is C=CSCCC1CSC(CSC=C)CS1. The van der Waals surface area contributed by atoms with Crippen LogP contribution < -0.4 is 0 Å². The average Bonchev–Trinajstić information content (AvgIpc) is 2.28. The van der Waals surface area contributed by atoms with Gasteiger partial charge in [-0.3, -0.25) is 0 Å². The van der Waals surface area contributed by atoms with E-state index in [4.69, 9.17) is 0 Å². The summed E-state index contributed by atoms with van der Waals surface area (Å²) in [7, 11) is 0. The summed E-state index contributed by atoms with van der Waals surface area (Å²) in [4.78, 5) is 0. The Kier molecular flexibility index (Phi) is 8.34. The van der Waals surface area contributed by atoms with Gasteiger partial charge >= 0.3 is 0 Å². The first-order valence-corrected chi connectivity index (χ1v) is 9.24. The molecule has 2 unspecified atom stereocenters. The molecule has 2 atom stereocenters. The molecule has 86 valence electrons. The van der Waals surface area contributed by atoms with Crippen LogP contribution in [0.25, 0.3) is 0 Å². The van der Waals surface area contributed by atoms with Gasteiger partial charge in [-0.15, -0.1) is 23.5 Å². The number of hydrogen-bond acceptors (Lipinski definition) is 4. The van der Waals surface area contributed by atoms with Crippen LogP contribution in [0.5, 0.6) is 0 Å². The predicted octanol–water partition coefficient (Wildman–Crippen LogP) is 4.35. The van der Waals surface area contributed by atoms with Crippen molar-refractivity contribution in [2.45, 2.75) is 16.9 Å². The van der Waals surface area contributed by atoms with Crippen LogP contribution in [0.1, 0.15) is 6.42 Å². The largest absolute Gasteiger partial charge is 0.157 e. The van der Waals surface area contributed by atoms with Crippen molar-refractivity contribution in [2.24, 2.45) is 0 Å². The van der Waals surface area contributed by atoms with Gasteiger partial charge in [-0.25, -0.2) is 0 Å². The summed E-state index contributed by atoms with van der Waals surface area (Å²) in [6.07, 6.45) is 1.33. The molecule has 0 spiro atoms. The summed E-state index contributed by atoms with van der Waals surface area (Å²) in [6.45, 7) is 7.47. The Morgan fingerprint density at radius 2 is 1.73 bits per heavy atom. The molecule has 15 heavy (non-hydrogen) atoms. The molecule has 0 aliphatic carbocycles. The molecule has 0 nitrogen and oxygen atoms in total. The minimum Gasteiger partial charge on any atom is -0.157 e. The van der Waals surface area contributed by atoms with E-state index in [9.17, 15) is 0 Å². The molecule has 0 aromatic carbocycles. The zero-order chi connectivity index (χ0) is 10.9. The first-order chi connectivity index (χ1) is 7.36. The predicted molar refractivity (Wildman–Crippen MR) is 82.4 cm³/mol. The molecule has 1 aliphatic heterocycles. The third kappa shape index (κ3) is 6.25. The van der Waals surface area contributed by atoms with E-state index >= 15 is 0 Å². The van der Waals surface area contributed by atoms with Crippen LogP contribution in [0.2, 0.25) is 0 Å². The van der Waals surface area contributed by atoms with Crippen LogP contribution in [0.4, 0.5) is 0 Å². The molecule has 1 heterocycles. The highest BCUT2D eigenvalue weighted by molar-refractivity contribution is 8.08. The summed E-state index contributed by atoms with van der Waals surface area (Å²) in [5.41, 5.74) is 0. The smallest absolute Gasteiger partial charge is 0.0232 e. The Balaban J connectivity index is 2.06. The molecule has 1 aliphatic rings. The van der Waals surface area contributed by atoms with Crippen molar-refractivity contribution in [1.29, 1.82) is 0 Å². The Labute approximate surface area is 110 Å². The summed E-state index contributed by atoms with van der Waals surface area (Å²) in [5.74, 6) is 5.10. The molecular formula is C11H18S4. The summed E-state index contributed by atoms with van der Waals surface area (Å²) < 4.78 is 0. The zero-order valence-corrected chi connectivity index (χ0v) is 12.2. The van der Waals surface area contributed by atoms with Gasteiger partial charge in [-0.1, -0.05) is 13.2 Å².